The van der Waals surface area contributed by atoms with Crippen LogP contribution in [0.25, 0.3) is 0 Å². The molecule has 2 aromatic rings. The van der Waals surface area contributed by atoms with Gasteiger partial charge in [-0.1, -0.05) is 23.7 Å². The van der Waals surface area contributed by atoms with Gasteiger partial charge in [0, 0.05) is 17.3 Å². The van der Waals surface area contributed by atoms with Gasteiger partial charge in [0.15, 0.2) is 0 Å². The molecule has 6 heteroatoms. The Morgan fingerprint density at radius 2 is 1.90 bits per heavy atom. The minimum atomic E-state index is -4.53. The van der Waals surface area contributed by atoms with Crippen LogP contribution in [0, 0.1) is 11.3 Å². The van der Waals surface area contributed by atoms with Crippen LogP contribution in [0.5, 0.6) is 0 Å². The van der Waals surface area contributed by atoms with Crippen molar-refractivity contribution in [3.8, 4) is 6.07 Å². The summed E-state index contributed by atoms with van der Waals surface area (Å²) in [5.74, 6) is 0. The van der Waals surface area contributed by atoms with Crippen molar-refractivity contribution in [1.82, 2.24) is 0 Å². The Balaban J connectivity index is 2.17. The fraction of sp³-hybridized carbons (Fsp3) is 0.133. The molecule has 0 aliphatic carbocycles. The lowest BCUT2D eigenvalue weighted by atomic mass is 10.1. The molecule has 0 aromatic heterocycles. The quantitative estimate of drug-likeness (QED) is 0.880. The fourth-order valence-electron chi connectivity index (χ4n) is 1.84. The highest BCUT2D eigenvalue weighted by atomic mass is 35.5. The molecule has 0 unspecified atom stereocenters. The maximum atomic E-state index is 12.7. The smallest absolute Gasteiger partial charge is 0.381 e. The molecule has 0 aliphatic heterocycles. The minimum absolute atomic E-state index is 0.400. The monoisotopic (exact) mass is 310 g/mol. The zero-order valence-electron chi connectivity index (χ0n) is 10.7. The summed E-state index contributed by atoms with van der Waals surface area (Å²) in [5, 5.41) is 12.4. The largest absolute Gasteiger partial charge is 0.417 e. The van der Waals surface area contributed by atoms with Gasteiger partial charge in [0.25, 0.3) is 0 Å². The Labute approximate surface area is 124 Å². The molecule has 0 spiro atoms. The first-order chi connectivity index (χ1) is 9.90. The Morgan fingerprint density at radius 1 is 1.14 bits per heavy atom. The first kappa shape index (κ1) is 15.2. The molecular weight excluding hydrogens is 301 g/mol. The van der Waals surface area contributed by atoms with E-state index in [1.54, 1.807) is 24.3 Å². The Hall–Kier alpha value is -2.19. The molecule has 0 saturated carbocycles. The number of alkyl halides is 3. The molecule has 0 atom stereocenters. The first-order valence-electron chi connectivity index (χ1n) is 6.00. The Kier molecular flexibility index (Phi) is 4.39. The molecule has 0 fully saturated rings. The molecular formula is C15H10ClF3N2. The van der Waals surface area contributed by atoms with Gasteiger partial charge < -0.3 is 5.32 Å². The van der Waals surface area contributed by atoms with Crippen LogP contribution < -0.4 is 5.32 Å². The molecule has 2 nitrogen and oxygen atoms in total. The third kappa shape index (κ3) is 3.89. The maximum Gasteiger partial charge on any atom is 0.417 e. The van der Waals surface area contributed by atoms with Gasteiger partial charge in [0.1, 0.15) is 0 Å². The van der Waals surface area contributed by atoms with Gasteiger partial charge in [-0.2, -0.15) is 18.4 Å². The van der Waals surface area contributed by atoms with Gasteiger partial charge in [0.05, 0.1) is 17.2 Å². The second kappa shape index (κ2) is 6.06. The molecule has 0 amide bonds. The van der Waals surface area contributed by atoms with Crippen LogP contribution >= 0.6 is 11.6 Å². The molecule has 108 valence electrons. The van der Waals surface area contributed by atoms with Crippen molar-refractivity contribution in [2.45, 2.75) is 12.7 Å². The topological polar surface area (TPSA) is 35.8 Å². The third-order valence-electron chi connectivity index (χ3n) is 2.83. The summed E-state index contributed by atoms with van der Waals surface area (Å²) in [5.41, 5.74) is -0.00247. The van der Waals surface area contributed by atoms with Gasteiger partial charge in [0.2, 0.25) is 0 Å². The highest BCUT2D eigenvalue weighted by Crippen LogP contribution is 2.33. The van der Waals surface area contributed by atoms with Crippen molar-refractivity contribution in [3.05, 3.63) is 64.2 Å². The van der Waals surface area contributed by atoms with E-state index in [1.165, 1.54) is 12.1 Å². The second-order valence-corrected chi connectivity index (χ2v) is 4.79. The van der Waals surface area contributed by atoms with Gasteiger partial charge in [-0.25, -0.2) is 0 Å². The van der Waals surface area contributed by atoms with Gasteiger partial charge in [-0.3, -0.25) is 0 Å². The molecule has 2 aromatic carbocycles. The van der Waals surface area contributed by atoms with E-state index >= 15 is 0 Å². The molecule has 0 saturated heterocycles. The zero-order chi connectivity index (χ0) is 15.5. The molecule has 0 aliphatic rings. The average Bonchev–Trinajstić information content (AvgIpc) is 2.44. The number of nitrogens with zero attached hydrogens (tertiary/aromatic N) is 1. The van der Waals surface area contributed by atoms with Crippen LogP contribution in [0.4, 0.5) is 18.9 Å². The number of nitriles is 1. The van der Waals surface area contributed by atoms with E-state index in [0.717, 1.165) is 11.6 Å². The summed E-state index contributed by atoms with van der Waals surface area (Å²) in [6, 6.07) is 12.1. The Morgan fingerprint density at radius 3 is 2.52 bits per heavy atom. The maximum absolute atomic E-state index is 12.7. The number of hydrogen-bond donors (Lipinski definition) is 1. The number of rotatable bonds is 3. The number of benzene rings is 2. The van der Waals surface area contributed by atoms with E-state index in [0.29, 0.717) is 17.3 Å². The van der Waals surface area contributed by atoms with Gasteiger partial charge >= 0.3 is 6.18 Å². The summed E-state index contributed by atoms with van der Waals surface area (Å²) >= 11 is 5.85. The third-order valence-corrected chi connectivity index (χ3v) is 3.07. The summed E-state index contributed by atoms with van der Waals surface area (Å²) in [4.78, 5) is 0. The number of halogens is 4. The normalized spacial score (nSPS) is 11.0. The van der Waals surface area contributed by atoms with Crippen LogP contribution in [-0.4, -0.2) is 0 Å². The van der Waals surface area contributed by atoms with Crippen molar-refractivity contribution in [3.63, 3.8) is 0 Å². The standard InChI is InChI=1S/C15H10ClF3N2/c16-12-3-1-2-10(6-12)9-21-13-4-5-14(15(17,18)19)11(7-13)8-20/h1-7,21H,9H2. The lowest BCUT2D eigenvalue weighted by Gasteiger charge is -2.11. The van der Waals surface area contributed by atoms with Crippen LogP contribution in [0.1, 0.15) is 16.7 Å². The van der Waals surface area contributed by atoms with E-state index in [9.17, 15) is 13.2 Å². The SMILES string of the molecule is N#Cc1cc(NCc2cccc(Cl)c2)ccc1C(F)(F)F. The van der Waals surface area contributed by atoms with E-state index in [2.05, 4.69) is 5.32 Å². The van der Waals surface area contributed by atoms with Crippen molar-refractivity contribution in [1.29, 1.82) is 5.26 Å². The van der Waals surface area contributed by atoms with Gasteiger partial charge in [-0.15, -0.1) is 0 Å². The van der Waals surface area contributed by atoms with Gasteiger partial charge in [-0.05, 0) is 35.9 Å². The summed E-state index contributed by atoms with van der Waals surface area (Å²) < 4.78 is 38.0. The molecule has 0 bridgehead atoms. The van der Waals surface area contributed by atoms with Crippen LogP contribution in [0.3, 0.4) is 0 Å². The molecule has 2 rings (SSSR count). The lowest BCUT2D eigenvalue weighted by molar-refractivity contribution is -0.137. The molecule has 21 heavy (non-hydrogen) atoms. The molecule has 0 heterocycles. The van der Waals surface area contributed by atoms with Crippen molar-refractivity contribution >= 4 is 17.3 Å². The minimum Gasteiger partial charge on any atom is -0.381 e. The van der Waals surface area contributed by atoms with E-state index in [1.807, 2.05) is 6.07 Å². The van der Waals surface area contributed by atoms with E-state index in [-0.39, 0.29) is 0 Å². The highest BCUT2D eigenvalue weighted by Gasteiger charge is 2.33. The van der Waals surface area contributed by atoms with Crippen molar-refractivity contribution < 1.29 is 13.2 Å². The molecule has 0 radical (unpaired) electrons. The predicted molar refractivity (Wildman–Crippen MR) is 74.9 cm³/mol. The van der Waals surface area contributed by atoms with Crippen LogP contribution in [0.2, 0.25) is 5.02 Å². The highest BCUT2D eigenvalue weighted by molar-refractivity contribution is 6.30. The number of hydrogen-bond acceptors (Lipinski definition) is 2. The summed E-state index contributed by atoms with van der Waals surface area (Å²) in [7, 11) is 0. The lowest BCUT2D eigenvalue weighted by Crippen LogP contribution is -2.08. The number of nitrogens with one attached hydrogen (secondary N) is 1. The first-order valence-corrected chi connectivity index (χ1v) is 6.37. The Bertz CT molecular complexity index is 690. The second-order valence-electron chi connectivity index (χ2n) is 4.35. The average molecular weight is 311 g/mol. The van der Waals surface area contributed by atoms with Crippen molar-refractivity contribution in [2.75, 3.05) is 5.32 Å². The molecule has 1 N–H and O–H groups in total. The summed E-state index contributed by atoms with van der Waals surface area (Å²) in [6.07, 6.45) is -4.53. The summed E-state index contributed by atoms with van der Waals surface area (Å²) in [6.45, 7) is 0.400. The fourth-order valence-corrected chi connectivity index (χ4v) is 2.06. The van der Waals surface area contributed by atoms with Crippen LogP contribution in [0.15, 0.2) is 42.5 Å². The predicted octanol–water partition coefficient (Wildman–Crippen LogP) is 4.84. The van der Waals surface area contributed by atoms with E-state index in [4.69, 9.17) is 16.9 Å². The van der Waals surface area contributed by atoms with E-state index < -0.39 is 17.3 Å². The number of anilines is 1. The van der Waals surface area contributed by atoms with Crippen LogP contribution in [-0.2, 0) is 12.7 Å². The van der Waals surface area contributed by atoms with Crippen molar-refractivity contribution in [2.24, 2.45) is 0 Å². The zero-order valence-corrected chi connectivity index (χ0v) is 11.5.